The van der Waals surface area contributed by atoms with Crippen LogP contribution >= 0.6 is 0 Å². The Balaban J connectivity index is 2.28. The minimum atomic E-state index is 0.0623. The third-order valence-electron chi connectivity index (χ3n) is 1.55. The molecule has 0 unspecified atom stereocenters. The van der Waals surface area contributed by atoms with Crippen molar-refractivity contribution in [3.63, 3.8) is 0 Å². The van der Waals surface area contributed by atoms with Crippen LogP contribution in [0, 0.1) is 0 Å². The number of hydrogen-bond donors (Lipinski definition) is 2. The second-order valence-corrected chi connectivity index (χ2v) is 2.39. The van der Waals surface area contributed by atoms with Crippen LogP contribution in [0.3, 0.4) is 0 Å². The van der Waals surface area contributed by atoms with Crippen molar-refractivity contribution in [3.05, 3.63) is 35.9 Å². The van der Waals surface area contributed by atoms with Crippen molar-refractivity contribution in [1.82, 2.24) is 5.32 Å². The Hall–Kier alpha value is -0.860. The molecular formula is C9H13NO. The highest BCUT2D eigenvalue weighted by Gasteiger charge is 1.88. The van der Waals surface area contributed by atoms with Crippen LogP contribution in [0.5, 0.6) is 0 Å². The van der Waals surface area contributed by atoms with Gasteiger partial charge in [-0.05, 0) is 12.0 Å². The Morgan fingerprint density at radius 3 is 2.55 bits per heavy atom. The van der Waals surface area contributed by atoms with Crippen LogP contribution in [-0.4, -0.2) is 18.4 Å². The molecule has 1 rings (SSSR count). The van der Waals surface area contributed by atoms with E-state index >= 15 is 0 Å². The van der Waals surface area contributed by atoms with Gasteiger partial charge in [0.15, 0.2) is 0 Å². The van der Waals surface area contributed by atoms with Gasteiger partial charge in [0.05, 0.1) is 6.73 Å². The second kappa shape index (κ2) is 4.88. The van der Waals surface area contributed by atoms with Gasteiger partial charge in [0, 0.05) is 6.54 Å². The Labute approximate surface area is 66.9 Å². The van der Waals surface area contributed by atoms with E-state index in [-0.39, 0.29) is 6.73 Å². The maximum absolute atomic E-state index is 8.43. The summed E-state index contributed by atoms with van der Waals surface area (Å²) in [5.74, 6) is 0. The lowest BCUT2D eigenvalue weighted by Gasteiger charge is -2.00. The highest BCUT2D eigenvalue weighted by atomic mass is 16.3. The van der Waals surface area contributed by atoms with Crippen molar-refractivity contribution < 1.29 is 5.11 Å². The van der Waals surface area contributed by atoms with Crippen LogP contribution in [0.15, 0.2) is 30.3 Å². The first-order chi connectivity index (χ1) is 5.43. The first-order valence-electron chi connectivity index (χ1n) is 3.79. The van der Waals surface area contributed by atoms with Crippen LogP contribution in [0.2, 0.25) is 0 Å². The van der Waals surface area contributed by atoms with E-state index in [1.165, 1.54) is 5.56 Å². The largest absolute Gasteiger partial charge is 0.381 e. The van der Waals surface area contributed by atoms with E-state index < -0.39 is 0 Å². The van der Waals surface area contributed by atoms with Crippen LogP contribution in [0.4, 0.5) is 0 Å². The van der Waals surface area contributed by atoms with E-state index in [9.17, 15) is 0 Å². The molecule has 1 aromatic rings. The molecule has 0 radical (unpaired) electrons. The zero-order chi connectivity index (χ0) is 7.94. The Morgan fingerprint density at radius 1 is 1.18 bits per heavy atom. The van der Waals surface area contributed by atoms with Crippen LogP contribution in [0.1, 0.15) is 5.56 Å². The topological polar surface area (TPSA) is 32.3 Å². The summed E-state index contributed by atoms with van der Waals surface area (Å²) in [6.07, 6.45) is 0.974. The molecule has 2 nitrogen and oxygen atoms in total. The zero-order valence-electron chi connectivity index (χ0n) is 6.46. The molecule has 0 atom stereocenters. The van der Waals surface area contributed by atoms with Gasteiger partial charge in [-0.1, -0.05) is 30.3 Å². The Bertz CT molecular complexity index is 186. The molecular weight excluding hydrogens is 138 g/mol. The standard InChI is InChI=1S/C9H13NO/c11-8-10-7-6-9-4-2-1-3-5-9/h1-5,10-11H,6-8H2. The van der Waals surface area contributed by atoms with E-state index in [1.807, 2.05) is 18.2 Å². The van der Waals surface area contributed by atoms with Gasteiger partial charge < -0.3 is 5.11 Å². The predicted molar refractivity (Wildman–Crippen MR) is 45.2 cm³/mol. The Kier molecular flexibility index (Phi) is 3.65. The zero-order valence-corrected chi connectivity index (χ0v) is 6.46. The number of rotatable bonds is 4. The monoisotopic (exact) mass is 151 g/mol. The van der Waals surface area contributed by atoms with Crippen molar-refractivity contribution in [1.29, 1.82) is 0 Å². The van der Waals surface area contributed by atoms with Gasteiger partial charge in [0.1, 0.15) is 0 Å². The number of benzene rings is 1. The molecule has 2 N–H and O–H groups in total. The summed E-state index contributed by atoms with van der Waals surface area (Å²) in [7, 11) is 0. The highest BCUT2D eigenvalue weighted by Crippen LogP contribution is 1.97. The quantitative estimate of drug-likeness (QED) is 0.492. The molecule has 0 aliphatic rings. The van der Waals surface area contributed by atoms with Crippen molar-refractivity contribution in [2.45, 2.75) is 6.42 Å². The Morgan fingerprint density at radius 2 is 1.91 bits per heavy atom. The van der Waals surface area contributed by atoms with Crippen molar-refractivity contribution in [3.8, 4) is 0 Å². The molecule has 0 aromatic heterocycles. The molecule has 0 spiro atoms. The molecule has 0 saturated carbocycles. The van der Waals surface area contributed by atoms with Crippen molar-refractivity contribution >= 4 is 0 Å². The fourth-order valence-electron chi connectivity index (χ4n) is 0.956. The first kappa shape index (κ1) is 8.24. The van der Waals surface area contributed by atoms with E-state index in [2.05, 4.69) is 17.4 Å². The molecule has 0 aliphatic heterocycles. The lowest BCUT2D eigenvalue weighted by Crippen LogP contribution is -2.17. The van der Waals surface area contributed by atoms with Crippen LogP contribution < -0.4 is 5.32 Å². The molecule has 0 aliphatic carbocycles. The number of aliphatic hydroxyl groups excluding tert-OH is 1. The molecule has 0 amide bonds. The summed E-state index contributed by atoms with van der Waals surface area (Å²) in [6.45, 7) is 0.896. The minimum absolute atomic E-state index is 0.0623. The average Bonchev–Trinajstić information content (AvgIpc) is 2.07. The fourth-order valence-corrected chi connectivity index (χ4v) is 0.956. The summed E-state index contributed by atoms with van der Waals surface area (Å²) in [5, 5.41) is 11.3. The summed E-state index contributed by atoms with van der Waals surface area (Å²) in [6, 6.07) is 10.2. The lowest BCUT2D eigenvalue weighted by molar-refractivity contribution is 0.262. The summed E-state index contributed by atoms with van der Waals surface area (Å²) in [5.41, 5.74) is 1.30. The van der Waals surface area contributed by atoms with Gasteiger partial charge >= 0.3 is 0 Å². The number of hydrogen-bond acceptors (Lipinski definition) is 2. The molecule has 0 saturated heterocycles. The number of nitrogens with one attached hydrogen (secondary N) is 1. The van der Waals surface area contributed by atoms with Gasteiger partial charge in [-0.3, -0.25) is 5.32 Å². The van der Waals surface area contributed by atoms with E-state index in [0.29, 0.717) is 0 Å². The molecule has 0 heterocycles. The van der Waals surface area contributed by atoms with E-state index in [0.717, 1.165) is 13.0 Å². The van der Waals surface area contributed by atoms with Crippen molar-refractivity contribution in [2.24, 2.45) is 0 Å². The smallest absolute Gasteiger partial charge is 0.0931 e. The molecule has 2 heteroatoms. The van der Waals surface area contributed by atoms with E-state index in [4.69, 9.17) is 5.11 Å². The van der Waals surface area contributed by atoms with E-state index in [1.54, 1.807) is 0 Å². The third kappa shape index (κ3) is 3.16. The average molecular weight is 151 g/mol. The third-order valence-corrected chi connectivity index (χ3v) is 1.55. The van der Waals surface area contributed by atoms with Crippen molar-refractivity contribution in [2.75, 3.05) is 13.3 Å². The highest BCUT2D eigenvalue weighted by molar-refractivity contribution is 5.14. The molecule has 0 fully saturated rings. The first-order valence-corrected chi connectivity index (χ1v) is 3.79. The molecule has 0 bridgehead atoms. The minimum Gasteiger partial charge on any atom is -0.381 e. The predicted octanol–water partition coefficient (Wildman–Crippen LogP) is 0.768. The second-order valence-electron chi connectivity index (χ2n) is 2.39. The number of aliphatic hydroxyl groups is 1. The SMILES string of the molecule is OCNCCc1ccccc1. The summed E-state index contributed by atoms with van der Waals surface area (Å²) < 4.78 is 0. The van der Waals surface area contributed by atoms with Gasteiger partial charge in [-0.15, -0.1) is 0 Å². The summed E-state index contributed by atoms with van der Waals surface area (Å²) in [4.78, 5) is 0. The molecule has 60 valence electrons. The lowest BCUT2D eigenvalue weighted by atomic mass is 10.2. The maximum Gasteiger partial charge on any atom is 0.0931 e. The fraction of sp³-hybridized carbons (Fsp3) is 0.333. The van der Waals surface area contributed by atoms with Gasteiger partial charge in [0.25, 0.3) is 0 Å². The van der Waals surface area contributed by atoms with Gasteiger partial charge in [0.2, 0.25) is 0 Å². The van der Waals surface area contributed by atoms with Crippen LogP contribution in [-0.2, 0) is 6.42 Å². The van der Waals surface area contributed by atoms with Gasteiger partial charge in [-0.25, -0.2) is 0 Å². The maximum atomic E-state index is 8.43. The van der Waals surface area contributed by atoms with Gasteiger partial charge in [-0.2, -0.15) is 0 Å². The van der Waals surface area contributed by atoms with Crippen LogP contribution in [0.25, 0.3) is 0 Å². The normalized spacial score (nSPS) is 9.91. The molecule has 1 aromatic carbocycles. The molecule has 11 heavy (non-hydrogen) atoms. The summed E-state index contributed by atoms with van der Waals surface area (Å²) >= 11 is 0.